The Kier molecular flexibility index (Phi) is 4.88. The van der Waals surface area contributed by atoms with Crippen LogP contribution >= 0.6 is 0 Å². The average molecular weight is 519 g/mol. The number of imide groups is 1. The molecule has 194 valence electrons. The first kappa shape index (κ1) is 23.7. The SMILES string of the molecule is CC(=O)c1ccc(N2C(=O)[C@@H]3[C@H](C(C)C)N[C@@]4(c5ccccc5-n5c4nc4ccccc4c5=O)[C@H]3C2=O)cc1. The predicted molar refractivity (Wildman–Crippen MR) is 146 cm³/mol. The number of Topliss-reactive ketones (excluding diaryl/α,β-unsaturated/α-hetero) is 1. The fourth-order valence-electron chi connectivity index (χ4n) is 6.82. The summed E-state index contributed by atoms with van der Waals surface area (Å²) in [6, 6.07) is 20.9. The first-order valence-corrected chi connectivity index (χ1v) is 13.1. The molecule has 0 aliphatic carbocycles. The number of hydrogen-bond acceptors (Lipinski definition) is 6. The van der Waals surface area contributed by atoms with E-state index in [1.165, 1.54) is 11.8 Å². The minimum absolute atomic E-state index is 0.0158. The third-order valence-electron chi connectivity index (χ3n) is 8.55. The van der Waals surface area contributed by atoms with E-state index in [9.17, 15) is 19.2 Å². The Morgan fingerprint density at radius 2 is 1.62 bits per heavy atom. The lowest BCUT2D eigenvalue weighted by atomic mass is 9.75. The first-order valence-electron chi connectivity index (χ1n) is 13.1. The summed E-state index contributed by atoms with van der Waals surface area (Å²) >= 11 is 0. The zero-order chi connectivity index (χ0) is 27.2. The van der Waals surface area contributed by atoms with E-state index in [0.29, 0.717) is 33.7 Å². The van der Waals surface area contributed by atoms with Crippen LogP contribution in [0.1, 0.15) is 42.5 Å². The van der Waals surface area contributed by atoms with Gasteiger partial charge in [-0.05, 0) is 55.3 Å². The van der Waals surface area contributed by atoms with E-state index >= 15 is 0 Å². The van der Waals surface area contributed by atoms with Crippen LogP contribution in [0, 0.1) is 17.8 Å². The zero-order valence-corrected chi connectivity index (χ0v) is 21.7. The van der Waals surface area contributed by atoms with E-state index in [1.807, 2.05) is 50.2 Å². The van der Waals surface area contributed by atoms with E-state index in [1.54, 1.807) is 41.0 Å². The Balaban J connectivity index is 1.49. The van der Waals surface area contributed by atoms with Gasteiger partial charge < -0.3 is 0 Å². The van der Waals surface area contributed by atoms with Gasteiger partial charge in [-0.3, -0.25) is 29.1 Å². The molecule has 4 atom stereocenters. The summed E-state index contributed by atoms with van der Waals surface area (Å²) in [5.41, 5.74) is 1.53. The van der Waals surface area contributed by atoms with Crippen LogP contribution in [0.25, 0.3) is 16.6 Å². The van der Waals surface area contributed by atoms with Crippen molar-refractivity contribution in [1.29, 1.82) is 0 Å². The van der Waals surface area contributed by atoms with E-state index in [2.05, 4.69) is 5.32 Å². The molecule has 39 heavy (non-hydrogen) atoms. The van der Waals surface area contributed by atoms with Gasteiger partial charge in [0.15, 0.2) is 5.78 Å². The van der Waals surface area contributed by atoms with Crippen LogP contribution in [-0.4, -0.2) is 33.2 Å². The van der Waals surface area contributed by atoms with Gasteiger partial charge in [0.05, 0.1) is 34.1 Å². The van der Waals surface area contributed by atoms with Crippen molar-refractivity contribution in [2.24, 2.45) is 17.8 Å². The molecule has 1 aromatic heterocycles. The number of carbonyl (C=O) groups excluding carboxylic acids is 3. The molecule has 1 N–H and O–H groups in total. The minimum atomic E-state index is -1.17. The molecule has 2 fully saturated rings. The molecule has 4 aromatic rings. The standard InChI is InChI=1S/C31H26N4O4/c1-16(2)26-24-25(29(39)34(28(24)38)19-14-12-18(13-15-19)17(3)36)31(33-26)21-9-5-7-11-23(21)35-27(37)20-8-4-6-10-22(20)32-30(31)35/h4-16,24-26,33H,1-3H3/t24-,25+,26-,31-/m0/s1. The summed E-state index contributed by atoms with van der Waals surface area (Å²) in [7, 11) is 0. The first-order chi connectivity index (χ1) is 18.8. The maximum Gasteiger partial charge on any atom is 0.266 e. The number of aromatic nitrogens is 2. The van der Waals surface area contributed by atoms with Crippen molar-refractivity contribution < 1.29 is 14.4 Å². The Morgan fingerprint density at radius 3 is 2.33 bits per heavy atom. The molecule has 8 heteroatoms. The number of ketones is 1. The second-order valence-corrected chi connectivity index (χ2v) is 11.0. The highest BCUT2D eigenvalue weighted by atomic mass is 16.2. The average Bonchev–Trinajstić information content (AvgIpc) is 3.52. The molecule has 4 heterocycles. The number of fused-ring (bicyclic) bond motifs is 8. The van der Waals surface area contributed by atoms with Crippen LogP contribution in [0.5, 0.6) is 0 Å². The van der Waals surface area contributed by atoms with E-state index in [4.69, 9.17) is 4.98 Å². The molecule has 3 aromatic carbocycles. The quantitative estimate of drug-likeness (QED) is 0.329. The summed E-state index contributed by atoms with van der Waals surface area (Å²) in [4.78, 5) is 60.4. The van der Waals surface area contributed by atoms with Gasteiger partial charge in [0.2, 0.25) is 11.8 Å². The Labute approximate surface area is 224 Å². The maximum absolute atomic E-state index is 14.4. The molecule has 7 rings (SSSR count). The number of rotatable bonds is 3. The normalized spacial score (nSPS) is 25.0. The van der Waals surface area contributed by atoms with Crippen molar-refractivity contribution in [2.75, 3.05) is 4.90 Å². The van der Waals surface area contributed by atoms with Crippen LogP contribution in [0.2, 0.25) is 0 Å². The van der Waals surface area contributed by atoms with Gasteiger partial charge in [-0.25, -0.2) is 9.88 Å². The number of hydrogen-bond donors (Lipinski definition) is 1. The van der Waals surface area contributed by atoms with Crippen LogP contribution in [0.3, 0.4) is 0 Å². The molecule has 0 bridgehead atoms. The van der Waals surface area contributed by atoms with E-state index < -0.39 is 17.4 Å². The number of carbonyl (C=O) groups is 3. The lowest BCUT2D eigenvalue weighted by Gasteiger charge is -2.32. The van der Waals surface area contributed by atoms with Crippen molar-refractivity contribution >= 4 is 34.2 Å². The smallest absolute Gasteiger partial charge is 0.266 e. The van der Waals surface area contributed by atoms with Crippen molar-refractivity contribution in [3.05, 3.63) is 100 Å². The highest BCUT2D eigenvalue weighted by molar-refractivity contribution is 6.23. The van der Waals surface area contributed by atoms with Crippen molar-refractivity contribution in [2.45, 2.75) is 32.4 Å². The monoisotopic (exact) mass is 518 g/mol. The fourth-order valence-corrected chi connectivity index (χ4v) is 6.82. The second-order valence-electron chi connectivity index (χ2n) is 11.0. The molecular formula is C31H26N4O4. The summed E-state index contributed by atoms with van der Waals surface area (Å²) in [5.74, 6) is -1.75. The lowest BCUT2D eigenvalue weighted by molar-refractivity contribution is -0.123. The molecule has 2 saturated heterocycles. The van der Waals surface area contributed by atoms with Crippen LogP contribution < -0.4 is 15.8 Å². The van der Waals surface area contributed by atoms with Gasteiger partial charge in [-0.1, -0.05) is 44.2 Å². The zero-order valence-electron chi connectivity index (χ0n) is 21.7. The molecule has 3 aliphatic rings. The van der Waals surface area contributed by atoms with Crippen LogP contribution in [0.4, 0.5) is 5.69 Å². The van der Waals surface area contributed by atoms with E-state index in [-0.39, 0.29) is 35.1 Å². The van der Waals surface area contributed by atoms with E-state index in [0.717, 1.165) is 5.56 Å². The Hall–Kier alpha value is -4.43. The van der Waals surface area contributed by atoms with Crippen molar-refractivity contribution in [1.82, 2.24) is 14.9 Å². The number of nitrogens with one attached hydrogen (secondary N) is 1. The number of para-hydroxylation sites is 2. The molecular weight excluding hydrogens is 492 g/mol. The number of benzene rings is 3. The molecule has 3 aliphatic heterocycles. The number of amides is 2. The van der Waals surface area contributed by atoms with Gasteiger partial charge in [0, 0.05) is 17.2 Å². The lowest BCUT2D eigenvalue weighted by Crippen LogP contribution is -2.51. The summed E-state index contributed by atoms with van der Waals surface area (Å²) in [5, 5.41) is 4.18. The van der Waals surface area contributed by atoms with Crippen LogP contribution in [0.15, 0.2) is 77.6 Å². The number of anilines is 1. The highest BCUT2D eigenvalue weighted by Crippen LogP contribution is 2.56. The largest absolute Gasteiger partial charge is 0.296 e. The third-order valence-corrected chi connectivity index (χ3v) is 8.55. The molecule has 0 radical (unpaired) electrons. The minimum Gasteiger partial charge on any atom is -0.296 e. The summed E-state index contributed by atoms with van der Waals surface area (Å²) < 4.78 is 1.60. The van der Waals surface area contributed by atoms with Gasteiger partial charge in [0.1, 0.15) is 11.4 Å². The van der Waals surface area contributed by atoms with Gasteiger partial charge in [0.25, 0.3) is 5.56 Å². The predicted octanol–water partition coefficient (Wildman–Crippen LogP) is 3.58. The maximum atomic E-state index is 14.4. The van der Waals surface area contributed by atoms with Crippen molar-refractivity contribution in [3.8, 4) is 5.69 Å². The second kappa shape index (κ2) is 8.04. The topological polar surface area (TPSA) is 101 Å². The molecule has 1 spiro atoms. The Morgan fingerprint density at radius 1 is 0.923 bits per heavy atom. The fraction of sp³-hybridized carbons (Fsp3) is 0.258. The van der Waals surface area contributed by atoms with Gasteiger partial charge >= 0.3 is 0 Å². The molecule has 0 saturated carbocycles. The van der Waals surface area contributed by atoms with Crippen LogP contribution in [-0.2, 0) is 15.1 Å². The Bertz CT molecular complexity index is 1790. The molecule has 0 unspecified atom stereocenters. The highest BCUT2D eigenvalue weighted by Gasteiger charge is 2.70. The summed E-state index contributed by atoms with van der Waals surface area (Å²) in [6.45, 7) is 5.52. The summed E-state index contributed by atoms with van der Waals surface area (Å²) in [6.07, 6.45) is 0. The molecule has 8 nitrogen and oxygen atoms in total. The van der Waals surface area contributed by atoms with Gasteiger partial charge in [-0.2, -0.15) is 0 Å². The molecule has 2 amide bonds. The van der Waals surface area contributed by atoms with Crippen molar-refractivity contribution in [3.63, 3.8) is 0 Å². The number of nitrogens with zero attached hydrogens (tertiary/aromatic N) is 3. The third kappa shape index (κ3) is 2.95. The van der Waals surface area contributed by atoms with Gasteiger partial charge in [-0.15, -0.1) is 0 Å².